The van der Waals surface area contributed by atoms with Crippen LogP contribution in [0.4, 0.5) is 16.3 Å². The van der Waals surface area contributed by atoms with Crippen LogP contribution in [0.2, 0.25) is 0 Å². The number of imidazole rings is 1. The van der Waals surface area contributed by atoms with Crippen LogP contribution in [-0.4, -0.2) is 101 Å². The third kappa shape index (κ3) is 10.8. The predicted octanol–water partition coefficient (Wildman–Crippen LogP) is 8.15. The number of hydrogen-bond acceptors (Lipinski definition) is 11. The molecule has 354 valence electrons. The van der Waals surface area contributed by atoms with Gasteiger partial charge in [-0.05, 0) is 85.5 Å². The highest BCUT2D eigenvalue weighted by Gasteiger charge is 2.48. The summed E-state index contributed by atoms with van der Waals surface area (Å²) in [5.41, 5.74) is 6.51. The summed E-state index contributed by atoms with van der Waals surface area (Å²) in [4.78, 5) is 77.6. The highest BCUT2D eigenvalue weighted by molar-refractivity contribution is 6.06. The number of hydrogen-bond donors (Lipinski definition) is 2. The minimum Gasteiger partial charge on any atom is -0.493 e. The molecular formula is C52H56N6O10. The molecule has 3 atom stereocenters. The molecule has 3 aliphatic heterocycles. The lowest BCUT2D eigenvalue weighted by Gasteiger charge is -2.38. The van der Waals surface area contributed by atoms with Crippen molar-refractivity contribution >= 4 is 52.1 Å². The van der Waals surface area contributed by atoms with Crippen LogP contribution in [0.15, 0.2) is 104 Å². The second-order valence-electron chi connectivity index (χ2n) is 17.3. The van der Waals surface area contributed by atoms with E-state index in [0.717, 1.165) is 51.7 Å². The Hall–Kier alpha value is -7.30. The molecule has 5 heterocycles. The summed E-state index contributed by atoms with van der Waals surface area (Å²) in [6.07, 6.45) is 5.98. The number of Topliss-reactive ketones (excluding diaryl/α,β-unsaturated/α-hetero) is 1. The van der Waals surface area contributed by atoms with Gasteiger partial charge < -0.3 is 43.5 Å². The minimum atomic E-state index is -0.934. The van der Waals surface area contributed by atoms with Crippen LogP contribution in [0.5, 0.6) is 5.75 Å². The van der Waals surface area contributed by atoms with E-state index < -0.39 is 24.7 Å². The van der Waals surface area contributed by atoms with Gasteiger partial charge in [-0.1, -0.05) is 67.8 Å². The number of rotatable bonds is 18. The molecule has 16 heteroatoms. The zero-order valence-electron chi connectivity index (χ0n) is 38.4. The molecule has 3 aromatic carbocycles. The first kappa shape index (κ1) is 47.2. The largest absolute Gasteiger partial charge is 0.493 e. The lowest BCUT2D eigenvalue weighted by atomic mass is 10.0. The van der Waals surface area contributed by atoms with Crippen molar-refractivity contribution in [2.24, 2.45) is 7.05 Å². The van der Waals surface area contributed by atoms with E-state index in [1.54, 1.807) is 34.8 Å². The Kier molecular flexibility index (Phi) is 14.7. The van der Waals surface area contributed by atoms with E-state index in [1.807, 2.05) is 55.5 Å². The fourth-order valence-electron chi connectivity index (χ4n) is 8.79. The summed E-state index contributed by atoms with van der Waals surface area (Å²) < 4.78 is 31.0. The zero-order valence-corrected chi connectivity index (χ0v) is 38.4. The van der Waals surface area contributed by atoms with Gasteiger partial charge in [-0.25, -0.2) is 14.7 Å². The second-order valence-corrected chi connectivity index (χ2v) is 17.3. The number of amides is 3. The van der Waals surface area contributed by atoms with Crippen molar-refractivity contribution in [3.05, 3.63) is 132 Å². The molecule has 0 aliphatic carbocycles. The molecule has 68 heavy (non-hydrogen) atoms. The number of aromatic nitrogens is 3. The van der Waals surface area contributed by atoms with Gasteiger partial charge in [-0.15, -0.1) is 0 Å². The Morgan fingerprint density at radius 1 is 0.971 bits per heavy atom. The Morgan fingerprint density at radius 2 is 1.75 bits per heavy atom. The number of carbonyl (C=O) groups excluding carboxylic acids is 5. The monoisotopic (exact) mass is 924 g/mol. The number of H-pyrrole nitrogens is 1. The average molecular weight is 925 g/mol. The quantitative estimate of drug-likeness (QED) is 0.0374. The lowest BCUT2D eigenvalue weighted by Crippen LogP contribution is -2.54. The third-order valence-corrected chi connectivity index (χ3v) is 12.1. The summed E-state index contributed by atoms with van der Waals surface area (Å²) in [6, 6.07) is 18.3. The number of nitrogens with one attached hydrogen (secondary N) is 2. The molecular weight excluding hydrogens is 869 g/mol. The molecule has 3 aliphatic rings. The minimum absolute atomic E-state index is 0.0498. The lowest BCUT2D eigenvalue weighted by molar-refractivity contribution is -0.195. The zero-order chi connectivity index (χ0) is 47.9. The van der Waals surface area contributed by atoms with Crippen molar-refractivity contribution in [2.75, 3.05) is 43.2 Å². The molecule has 0 bridgehead atoms. The molecule has 5 aromatic rings. The smallest absolute Gasteiger partial charge is 0.416 e. The fourth-order valence-corrected chi connectivity index (χ4v) is 8.79. The van der Waals surface area contributed by atoms with Gasteiger partial charge in [0, 0.05) is 61.9 Å². The number of ether oxygens (including phenoxy) is 5. The van der Waals surface area contributed by atoms with Crippen molar-refractivity contribution in [1.29, 1.82) is 0 Å². The summed E-state index contributed by atoms with van der Waals surface area (Å²) in [7, 11) is 1.70. The Morgan fingerprint density at radius 3 is 2.51 bits per heavy atom. The number of fused-ring (bicyclic) bond motifs is 3. The normalized spacial score (nSPS) is 17.8. The number of anilines is 2. The molecule has 16 nitrogen and oxygen atoms in total. The van der Waals surface area contributed by atoms with Gasteiger partial charge in [-0.2, -0.15) is 0 Å². The van der Waals surface area contributed by atoms with E-state index >= 15 is 0 Å². The van der Waals surface area contributed by atoms with Crippen LogP contribution in [0.25, 0.3) is 22.2 Å². The van der Waals surface area contributed by atoms with Crippen LogP contribution >= 0.6 is 0 Å². The SMILES string of the molecule is C=CCOC(=O)Cc1ccc2[nH]c(-c3ccc(CC(=O)c4nc(NC(=O)CCCOc5cc6c(cc5C)C(=O)N5CC(=C)C[C@H]5C(OC5CCCCO5)N6C(=O)OCC=C)cn4C)cc3)cc2c1. The van der Waals surface area contributed by atoms with Gasteiger partial charge in [0.1, 0.15) is 19.0 Å². The van der Waals surface area contributed by atoms with E-state index in [1.165, 1.54) is 17.1 Å². The van der Waals surface area contributed by atoms with Crippen LogP contribution in [0.3, 0.4) is 0 Å². The summed E-state index contributed by atoms with van der Waals surface area (Å²) in [6.45, 7) is 14.4. The Labute approximate surface area is 394 Å². The van der Waals surface area contributed by atoms with E-state index in [2.05, 4.69) is 35.0 Å². The van der Waals surface area contributed by atoms with E-state index in [-0.39, 0.29) is 80.0 Å². The summed E-state index contributed by atoms with van der Waals surface area (Å²) in [5.74, 6) is -0.221. The number of nitrogens with zero attached hydrogens (tertiary/aromatic N) is 4. The van der Waals surface area contributed by atoms with Crippen LogP contribution in [0, 0.1) is 6.92 Å². The molecule has 0 radical (unpaired) electrons. The van der Waals surface area contributed by atoms with Crippen molar-refractivity contribution in [1.82, 2.24) is 19.4 Å². The third-order valence-electron chi connectivity index (χ3n) is 12.1. The highest BCUT2D eigenvalue weighted by Crippen LogP contribution is 2.41. The van der Waals surface area contributed by atoms with Crippen LogP contribution in [-0.2, 0) is 48.4 Å². The maximum absolute atomic E-state index is 14.2. The van der Waals surface area contributed by atoms with Gasteiger partial charge >= 0.3 is 12.1 Å². The van der Waals surface area contributed by atoms with E-state index in [0.29, 0.717) is 49.3 Å². The number of benzene rings is 3. The number of carbonyl (C=O) groups is 5. The van der Waals surface area contributed by atoms with Gasteiger partial charge in [-0.3, -0.25) is 19.2 Å². The van der Waals surface area contributed by atoms with Gasteiger partial charge in [0.2, 0.25) is 11.7 Å². The van der Waals surface area contributed by atoms with Crippen LogP contribution < -0.4 is 15.0 Å². The number of ketones is 1. The van der Waals surface area contributed by atoms with Crippen molar-refractivity contribution in [2.45, 2.75) is 76.9 Å². The summed E-state index contributed by atoms with van der Waals surface area (Å²) >= 11 is 0. The molecule has 2 N–H and O–H groups in total. The van der Waals surface area contributed by atoms with E-state index in [4.69, 9.17) is 23.7 Å². The molecule has 0 saturated carbocycles. The first-order valence-electron chi connectivity index (χ1n) is 22.8. The number of aromatic amines is 1. The van der Waals surface area contributed by atoms with Crippen molar-refractivity contribution < 1.29 is 47.7 Å². The first-order valence-corrected chi connectivity index (χ1v) is 22.8. The maximum Gasteiger partial charge on any atom is 0.416 e. The molecule has 2 unspecified atom stereocenters. The standard InChI is InChI=1S/C52H56N6O10/c1-6-19-65-47(61)27-35-15-18-39-37(25-35)28-40(53-39)36-16-13-34(14-17-36)26-43(59)49-55-45(31-56(49)5)54-46(60)11-10-22-64-44-29-41-38(24-33(44)4)50(62)57-30-32(3)23-42(57)51(58(41)52(63)67-20-7-2)68-48-12-8-9-21-66-48/h6-7,13-18,24-25,28-29,31,42,48,51,53H,1-3,8-12,19-23,26-27,30H2,4-5H3,(H,54,60)/t42-,48?,51?/m0/s1. The molecule has 2 aromatic heterocycles. The van der Waals surface area contributed by atoms with Gasteiger partial charge in [0.25, 0.3) is 5.91 Å². The van der Waals surface area contributed by atoms with Crippen molar-refractivity contribution in [3.8, 4) is 17.0 Å². The Bertz CT molecular complexity index is 2750. The first-order chi connectivity index (χ1) is 32.9. The molecule has 2 fully saturated rings. The number of aryl methyl sites for hydroxylation is 2. The topological polar surface area (TPSA) is 184 Å². The summed E-state index contributed by atoms with van der Waals surface area (Å²) in [5, 5.41) is 3.76. The molecule has 2 saturated heterocycles. The average Bonchev–Trinajstić information content (AvgIpc) is 4.04. The molecule has 3 amide bonds. The Balaban J connectivity index is 0.872. The maximum atomic E-state index is 14.2. The van der Waals surface area contributed by atoms with Gasteiger partial charge in [0.05, 0.1) is 30.3 Å². The highest BCUT2D eigenvalue weighted by atomic mass is 16.7. The van der Waals surface area contributed by atoms with E-state index in [9.17, 15) is 24.0 Å². The molecule has 8 rings (SSSR count). The predicted molar refractivity (Wildman–Crippen MR) is 255 cm³/mol. The van der Waals surface area contributed by atoms with Gasteiger partial charge in [0.15, 0.2) is 24.2 Å². The fraction of sp³-hybridized carbons (Fsp3) is 0.346. The van der Waals surface area contributed by atoms with Crippen molar-refractivity contribution in [3.63, 3.8) is 0 Å². The molecule has 0 spiro atoms. The van der Waals surface area contributed by atoms with Crippen LogP contribution in [0.1, 0.15) is 76.2 Å². The second kappa shape index (κ2) is 21.1. The number of esters is 1.